The molecule has 1 amide bonds. The van der Waals surface area contributed by atoms with Crippen molar-refractivity contribution in [1.29, 1.82) is 0 Å². The van der Waals surface area contributed by atoms with Gasteiger partial charge in [0.25, 0.3) is 0 Å². The Bertz CT molecular complexity index is 1310. The molecule has 1 fully saturated rings. The summed E-state index contributed by atoms with van der Waals surface area (Å²) >= 11 is 1.65. The number of amides is 1. The normalized spacial score (nSPS) is 16.1. The zero-order valence-corrected chi connectivity index (χ0v) is 20.6. The Kier molecular flexibility index (Phi) is 6.24. The van der Waals surface area contributed by atoms with Gasteiger partial charge in [0.2, 0.25) is 5.91 Å². The Balaban J connectivity index is 1.36. The Morgan fingerprint density at radius 1 is 1.21 bits per heavy atom. The van der Waals surface area contributed by atoms with Gasteiger partial charge in [0, 0.05) is 18.8 Å². The minimum Gasteiger partial charge on any atom is -0.497 e. The van der Waals surface area contributed by atoms with Crippen LogP contribution in [0, 0.1) is 12.8 Å². The van der Waals surface area contributed by atoms with Crippen molar-refractivity contribution in [2.24, 2.45) is 5.92 Å². The third-order valence-electron chi connectivity index (χ3n) is 6.41. The van der Waals surface area contributed by atoms with E-state index in [0.29, 0.717) is 6.54 Å². The average molecular weight is 476 g/mol. The highest BCUT2D eigenvalue weighted by Gasteiger charge is 2.28. The molecular formula is C26H29N5O2S. The number of nitrogens with one attached hydrogen (secondary N) is 1. The minimum absolute atomic E-state index is 0.0649. The molecule has 1 atom stereocenters. The Morgan fingerprint density at radius 2 is 2.00 bits per heavy atom. The molecule has 176 valence electrons. The predicted molar refractivity (Wildman–Crippen MR) is 137 cm³/mol. The first-order valence-electron chi connectivity index (χ1n) is 11.7. The number of aryl methyl sites for hydroxylation is 2. The summed E-state index contributed by atoms with van der Waals surface area (Å²) in [5.41, 5.74) is 4.83. The van der Waals surface area contributed by atoms with Gasteiger partial charge in [-0.25, -0.2) is 4.68 Å². The molecule has 7 nitrogen and oxygen atoms in total. The van der Waals surface area contributed by atoms with E-state index in [4.69, 9.17) is 14.8 Å². The highest BCUT2D eigenvalue weighted by molar-refractivity contribution is 7.22. The highest BCUT2D eigenvalue weighted by atomic mass is 32.1. The molecule has 0 aliphatic carbocycles. The molecule has 0 spiro atoms. The van der Waals surface area contributed by atoms with Crippen molar-refractivity contribution in [1.82, 2.24) is 14.8 Å². The number of ether oxygens (including phenoxy) is 1. The fourth-order valence-electron chi connectivity index (χ4n) is 4.51. The van der Waals surface area contributed by atoms with E-state index < -0.39 is 0 Å². The van der Waals surface area contributed by atoms with Crippen LogP contribution < -0.4 is 15.0 Å². The largest absolute Gasteiger partial charge is 0.497 e. The molecule has 0 bridgehead atoms. The molecule has 1 N–H and O–H groups in total. The molecule has 2 aromatic carbocycles. The number of piperidine rings is 1. The van der Waals surface area contributed by atoms with E-state index in [1.807, 2.05) is 54.1 Å². The first-order valence-corrected chi connectivity index (χ1v) is 12.5. The van der Waals surface area contributed by atoms with Gasteiger partial charge in [-0.3, -0.25) is 4.79 Å². The smallest absolute Gasteiger partial charge is 0.229 e. The van der Waals surface area contributed by atoms with Gasteiger partial charge in [-0.15, -0.1) is 0 Å². The van der Waals surface area contributed by atoms with E-state index in [1.54, 1.807) is 18.4 Å². The summed E-state index contributed by atoms with van der Waals surface area (Å²) in [5, 5.41) is 8.82. The third-order valence-corrected chi connectivity index (χ3v) is 7.63. The van der Waals surface area contributed by atoms with Crippen molar-refractivity contribution in [2.75, 3.05) is 30.4 Å². The molecule has 2 aromatic heterocycles. The second-order valence-electron chi connectivity index (χ2n) is 8.63. The average Bonchev–Trinajstić information content (AvgIpc) is 3.45. The minimum atomic E-state index is -0.0649. The molecule has 0 radical (unpaired) electrons. The van der Waals surface area contributed by atoms with Crippen LogP contribution in [0.2, 0.25) is 0 Å². The number of rotatable bonds is 6. The maximum atomic E-state index is 13.1. The van der Waals surface area contributed by atoms with E-state index >= 15 is 0 Å². The SMILES string of the molecule is CCc1ccccc1NC(=O)[C@@H]1CCCN(c2nc3c(s2)c(C)nn3-c2ccc(OC)cc2)C1. The first kappa shape index (κ1) is 22.4. The number of hydrogen-bond donors (Lipinski definition) is 1. The quantitative estimate of drug-likeness (QED) is 0.414. The number of benzene rings is 2. The van der Waals surface area contributed by atoms with Crippen molar-refractivity contribution in [2.45, 2.75) is 33.1 Å². The number of nitrogens with zero attached hydrogens (tertiary/aromatic N) is 4. The topological polar surface area (TPSA) is 72.3 Å². The number of aromatic nitrogens is 3. The zero-order chi connectivity index (χ0) is 23.7. The lowest BCUT2D eigenvalue weighted by atomic mass is 9.97. The van der Waals surface area contributed by atoms with Gasteiger partial charge in [0.15, 0.2) is 10.8 Å². The summed E-state index contributed by atoms with van der Waals surface area (Å²) in [6, 6.07) is 15.9. The number of hydrogen-bond acceptors (Lipinski definition) is 6. The van der Waals surface area contributed by atoms with Crippen LogP contribution in [0.15, 0.2) is 48.5 Å². The molecular weight excluding hydrogens is 446 g/mol. The van der Waals surface area contributed by atoms with Gasteiger partial charge in [0.1, 0.15) is 5.75 Å². The summed E-state index contributed by atoms with van der Waals surface area (Å²) in [4.78, 5) is 20.3. The van der Waals surface area contributed by atoms with Crippen LogP contribution in [0.3, 0.4) is 0 Å². The zero-order valence-electron chi connectivity index (χ0n) is 19.7. The number of anilines is 2. The molecule has 0 saturated carbocycles. The molecule has 3 heterocycles. The van der Waals surface area contributed by atoms with Crippen LogP contribution in [0.5, 0.6) is 5.75 Å². The fourth-order valence-corrected chi connectivity index (χ4v) is 5.53. The Hall–Kier alpha value is -3.39. The van der Waals surface area contributed by atoms with E-state index in [9.17, 15) is 4.79 Å². The van der Waals surface area contributed by atoms with Gasteiger partial charge in [0.05, 0.1) is 29.1 Å². The summed E-state index contributed by atoms with van der Waals surface area (Å²) in [6.45, 7) is 5.70. The molecule has 1 aliphatic rings. The van der Waals surface area contributed by atoms with Crippen LogP contribution in [0.25, 0.3) is 16.0 Å². The van der Waals surface area contributed by atoms with Crippen molar-refractivity contribution in [3.8, 4) is 11.4 Å². The van der Waals surface area contributed by atoms with Crippen molar-refractivity contribution < 1.29 is 9.53 Å². The third kappa shape index (κ3) is 4.25. The van der Waals surface area contributed by atoms with Gasteiger partial charge < -0.3 is 15.0 Å². The monoisotopic (exact) mass is 475 g/mol. The lowest BCUT2D eigenvalue weighted by molar-refractivity contribution is -0.120. The Morgan fingerprint density at radius 3 is 2.76 bits per heavy atom. The number of para-hydroxylation sites is 1. The first-order chi connectivity index (χ1) is 16.6. The van der Waals surface area contributed by atoms with E-state index in [2.05, 4.69) is 23.2 Å². The van der Waals surface area contributed by atoms with Gasteiger partial charge in [-0.05, 0) is 62.1 Å². The van der Waals surface area contributed by atoms with E-state index in [1.165, 1.54) is 0 Å². The molecule has 4 aromatic rings. The predicted octanol–water partition coefficient (Wildman–Crippen LogP) is 5.22. The van der Waals surface area contributed by atoms with Crippen LogP contribution >= 0.6 is 11.3 Å². The van der Waals surface area contributed by atoms with E-state index in [-0.39, 0.29) is 11.8 Å². The molecule has 34 heavy (non-hydrogen) atoms. The highest BCUT2D eigenvalue weighted by Crippen LogP contribution is 2.35. The second-order valence-corrected chi connectivity index (χ2v) is 9.61. The fraction of sp³-hybridized carbons (Fsp3) is 0.346. The number of methoxy groups -OCH3 is 1. The molecule has 5 rings (SSSR count). The molecule has 1 aliphatic heterocycles. The summed E-state index contributed by atoms with van der Waals surface area (Å²) in [5.74, 6) is 0.833. The van der Waals surface area contributed by atoms with Crippen LogP contribution in [-0.2, 0) is 11.2 Å². The summed E-state index contributed by atoms with van der Waals surface area (Å²) in [6.07, 6.45) is 2.75. The van der Waals surface area contributed by atoms with Crippen LogP contribution in [0.1, 0.15) is 31.0 Å². The number of thiazole rings is 1. The molecule has 0 unspecified atom stereocenters. The van der Waals surface area contributed by atoms with Crippen LogP contribution in [0.4, 0.5) is 10.8 Å². The number of fused-ring (bicyclic) bond motifs is 1. The summed E-state index contributed by atoms with van der Waals surface area (Å²) < 4.78 is 8.25. The number of carbonyl (C=O) groups excluding carboxylic acids is 1. The maximum Gasteiger partial charge on any atom is 0.229 e. The van der Waals surface area contributed by atoms with Gasteiger partial charge in [-0.1, -0.05) is 36.5 Å². The lowest BCUT2D eigenvalue weighted by Crippen LogP contribution is -2.40. The Labute approximate surface area is 203 Å². The lowest BCUT2D eigenvalue weighted by Gasteiger charge is -2.31. The molecule has 8 heteroatoms. The van der Waals surface area contributed by atoms with Gasteiger partial charge in [-0.2, -0.15) is 10.1 Å². The van der Waals surface area contributed by atoms with Crippen molar-refractivity contribution in [3.05, 3.63) is 59.8 Å². The number of carbonyl (C=O) groups is 1. The standard InChI is InChI=1S/C26H29N5O2S/c1-4-18-8-5-6-10-22(18)27-25(32)19-9-7-15-30(16-19)26-28-24-23(34-26)17(2)29-31(24)20-11-13-21(33-3)14-12-20/h5-6,8,10-14,19H,4,7,9,15-16H2,1-3H3,(H,27,32)/t19-/m1/s1. The van der Waals surface area contributed by atoms with Gasteiger partial charge >= 0.3 is 0 Å². The van der Waals surface area contributed by atoms with E-state index in [0.717, 1.165) is 69.7 Å². The van der Waals surface area contributed by atoms with Crippen molar-refractivity contribution >= 4 is 38.4 Å². The van der Waals surface area contributed by atoms with Crippen molar-refractivity contribution in [3.63, 3.8) is 0 Å². The maximum absolute atomic E-state index is 13.1. The summed E-state index contributed by atoms with van der Waals surface area (Å²) in [7, 11) is 1.66. The van der Waals surface area contributed by atoms with Crippen LogP contribution in [-0.4, -0.2) is 40.9 Å². The molecule has 1 saturated heterocycles. The second kappa shape index (κ2) is 9.46.